The summed E-state index contributed by atoms with van der Waals surface area (Å²) in [7, 11) is 0. The summed E-state index contributed by atoms with van der Waals surface area (Å²) in [4.78, 5) is 23.4. The second kappa shape index (κ2) is 8.97. The Morgan fingerprint density at radius 2 is 1.90 bits per heavy atom. The van der Waals surface area contributed by atoms with Crippen molar-refractivity contribution >= 4 is 17.6 Å². The fourth-order valence-corrected chi connectivity index (χ4v) is 1.57. The molecule has 0 radical (unpaired) electrons. The third-order valence-corrected chi connectivity index (χ3v) is 3.02. The molecule has 0 bridgehead atoms. The molecule has 6 heteroatoms. The standard InChI is InChI=1S/C15H23N3O3/c1-3-11(2)17-14(20)12-5-7-13(8-6-12)18-15(21)16-9-4-10-19/h5-8,11,19H,3-4,9-10H2,1-2H3,(H,17,20)(H2,16,18,21). The summed E-state index contributed by atoms with van der Waals surface area (Å²) in [6.07, 6.45) is 1.39. The van der Waals surface area contributed by atoms with E-state index in [1.54, 1.807) is 24.3 Å². The normalized spacial score (nSPS) is 11.6. The fourth-order valence-electron chi connectivity index (χ4n) is 1.57. The predicted molar refractivity (Wildman–Crippen MR) is 82.4 cm³/mol. The SMILES string of the molecule is CCC(C)NC(=O)c1ccc(NC(=O)NCCCO)cc1. The highest BCUT2D eigenvalue weighted by molar-refractivity contribution is 5.95. The van der Waals surface area contributed by atoms with Gasteiger partial charge in [0.1, 0.15) is 0 Å². The van der Waals surface area contributed by atoms with E-state index >= 15 is 0 Å². The molecule has 0 fully saturated rings. The number of benzene rings is 1. The van der Waals surface area contributed by atoms with Gasteiger partial charge in [-0.2, -0.15) is 0 Å². The number of rotatable bonds is 7. The van der Waals surface area contributed by atoms with Gasteiger partial charge in [0.2, 0.25) is 0 Å². The minimum atomic E-state index is -0.333. The number of anilines is 1. The summed E-state index contributed by atoms with van der Waals surface area (Å²) in [5.41, 5.74) is 1.16. The van der Waals surface area contributed by atoms with Crippen molar-refractivity contribution in [2.75, 3.05) is 18.5 Å². The van der Waals surface area contributed by atoms with Gasteiger partial charge in [0.25, 0.3) is 5.91 Å². The number of aliphatic hydroxyl groups excluding tert-OH is 1. The second-order valence-corrected chi connectivity index (χ2v) is 4.82. The van der Waals surface area contributed by atoms with E-state index in [0.29, 0.717) is 24.2 Å². The summed E-state index contributed by atoms with van der Waals surface area (Å²) in [5.74, 6) is -0.122. The molecule has 4 N–H and O–H groups in total. The fraction of sp³-hybridized carbons (Fsp3) is 0.467. The van der Waals surface area contributed by atoms with Gasteiger partial charge in [0.05, 0.1) is 0 Å². The van der Waals surface area contributed by atoms with E-state index in [9.17, 15) is 9.59 Å². The summed E-state index contributed by atoms with van der Waals surface area (Å²) in [5, 5.41) is 16.8. The third-order valence-electron chi connectivity index (χ3n) is 3.02. The van der Waals surface area contributed by atoms with Crippen LogP contribution in [0.2, 0.25) is 0 Å². The maximum atomic E-state index is 11.9. The average Bonchev–Trinajstić information content (AvgIpc) is 2.48. The summed E-state index contributed by atoms with van der Waals surface area (Å²) in [6.45, 7) is 4.41. The zero-order valence-electron chi connectivity index (χ0n) is 12.5. The van der Waals surface area contributed by atoms with E-state index < -0.39 is 0 Å². The van der Waals surface area contributed by atoms with E-state index in [1.165, 1.54) is 0 Å². The van der Waals surface area contributed by atoms with Crippen LogP contribution in [0.25, 0.3) is 0 Å². The average molecular weight is 293 g/mol. The molecule has 1 unspecified atom stereocenters. The number of carbonyl (C=O) groups is 2. The third kappa shape index (κ3) is 6.27. The molecule has 0 saturated carbocycles. The molecule has 3 amide bonds. The predicted octanol–water partition coefficient (Wildman–Crippen LogP) is 1.72. The van der Waals surface area contributed by atoms with Crippen molar-refractivity contribution in [3.63, 3.8) is 0 Å². The van der Waals surface area contributed by atoms with E-state index in [2.05, 4.69) is 16.0 Å². The van der Waals surface area contributed by atoms with Crippen molar-refractivity contribution in [2.45, 2.75) is 32.7 Å². The maximum Gasteiger partial charge on any atom is 0.319 e. The van der Waals surface area contributed by atoms with Gasteiger partial charge in [0, 0.05) is 30.4 Å². The Morgan fingerprint density at radius 3 is 2.48 bits per heavy atom. The van der Waals surface area contributed by atoms with Gasteiger partial charge in [0.15, 0.2) is 0 Å². The molecule has 1 aromatic carbocycles. The number of hydrogen-bond acceptors (Lipinski definition) is 3. The minimum Gasteiger partial charge on any atom is -0.396 e. The highest BCUT2D eigenvalue weighted by atomic mass is 16.3. The molecule has 1 rings (SSSR count). The second-order valence-electron chi connectivity index (χ2n) is 4.82. The first kappa shape index (κ1) is 17.0. The van der Waals surface area contributed by atoms with Gasteiger partial charge in [-0.3, -0.25) is 4.79 Å². The highest BCUT2D eigenvalue weighted by Crippen LogP contribution is 2.09. The lowest BCUT2D eigenvalue weighted by molar-refractivity contribution is 0.0939. The Labute approximate surface area is 124 Å². The van der Waals surface area contributed by atoms with E-state index in [-0.39, 0.29) is 24.6 Å². The van der Waals surface area contributed by atoms with Crippen molar-refractivity contribution < 1.29 is 14.7 Å². The Bertz CT molecular complexity index is 460. The largest absolute Gasteiger partial charge is 0.396 e. The molecule has 0 heterocycles. The van der Waals surface area contributed by atoms with Crippen molar-refractivity contribution in [2.24, 2.45) is 0 Å². The van der Waals surface area contributed by atoms with Crippen LogP contribution < -0.4 is 16.0 Å². The zero-order valence-corrected chi connectivity index (χ0v) is 12.5. The molecule has 0 aliphatic carbocycles. The van der Waals surface area contributed by atoms with Gasteiger partial charge in [-0.1, -0.05) is 6.92 Å². The molecule has 21 heavy (non-hydrogen) atoms. The Balaban J connectivity index is 2.50. The lowest BCUT2D eigenvalue weighted by atomic mass is 10.1. The first-order chi connectivity index (χ1) is 10.1. The lowest BCUT2D eigenvalue weighted by Gasteiger charge is -2.12. The van der Waals surface area contributed by atoms with E-state index in [4.69, 9.17) is 5.11 Å². The Morgan fingerprint density at radius 1 is 1.24 bits per heavy atom. The maximum absolute atomic E-state index is 11.9. The van der Waals surface area contributed by atoms with Crippen LogP contribution in [0.1, 0.15) is 37.0 Å². The summed E-state index contributed by atoms with van der Waals surface area (Å²) in [6, 6.07) is 6.49. The van der Waals surface area contributed by atoms with Crippen LogP contribution >= 0.6 is 0 Å². The first-order valence-electron chi connectivity index (χ1n) is 7.13. The van der Waals surface area contributed by atoms with E-state index in [1.807, 2.05) is 13.8 Å². The number of amides is 3. The van der Waals surface area contributed by atoms with Gasteiger partial charge >= 0.3 is 6.03 Å². The van der Waals surface area contributed by atoms with Crippen LogP contribution in [0.5, 0.6) is 0 Å². The number of nitrogens with one attached hydrogen (secondary N) is 3. The van der Waals surface area contributed by atoms with Crippen LogP contribution in [0, 0.1) is 0 Å². The van der Waals surface area contributed by atoms with Gasteiger partial charge in [-0.15, -0.1) is 0 Å². The molecule has 0 spiro atoms. The number of carbonyl (C=O) groups excluding carboxylic acids is 2. The monoisotopic (exact) mass is 293 g/mol. The topological polar surface area (TPSA) is 90.5 Å². The number of urea groups is 1. The molecule has 0 saturated heterocycles. The number of hydrogen-bond donors (Lipinski definition) is 4. The van der Waals surface area contributed by atoms with Crippen LogP contribution in [0.3, 0.4) is 0 Å². The molecule has 1 atom stereocenters. The summed E-state index contributed by atoms with van der Waals surface area (Å²) < 4.78 is 0. The molecular formula is C15H23N3O3. The van der Waals surface area contributed by atoms with Crippen LogP contribution in [-0.2, 0) is 0 Å². The minimum absolute atomic E-state index is 0.0419. The highest BCUT2D eigenvalue weighted by Gasteiger charge is 2.08. The van der Waals surface area contributed by atoms with Crippen LogP contribution in [0.15, 0.2) is 24.3 Å². The van der Waals surface area contributed by atoms with Gasteiger partial charge in [-0.25, -0.2) is 4.79 Å². The van der Waals surface area contributed by atoms with Crippen molar-refractivity contribution in [1.82, 2.24) is 10.6 Å². The molecule has 1 aromatic rings. The molecular weight excluding hydrogens is 270 g/mol. The van der Waals surface area contributed by atoms with E-state index in [0.717, 1.165) is 6.42 Å². The van der Waals surface area contributed by atoms with Crippen LogP contribution in [-0.4, -0.2) is 36.2 Å². The Kier molecular flexibility index (Phi) is 7.25. The molecule has 0 aliphatic rings. The molecule has 6 nitrogen and oxygen atoms in total. The smallest absolute Gasteiger partial charge is 0.319 e. The van der Waals surface area contributed by atoms with Crippen molar-refractivity contribution in [3.8, 4) is 0 Å². The lowest BCUT2D eigenvalue weighted by Crippen LogP contribution is -2.32. The van der Waals surface area contributed by atoms with Crippen molar-refractivity contribution in [3.05, 3.63) is 29.8 Å². The van der Waals surface area contributed by atoms with Gasteiger partial charge in [-0.05, 0) is 44.0 Å². The van der Waals surface area contributed by atoms with Crippen molar-refractivity contribution in [1.29, 1.82) is 0 Å². The van der Waals surface area contributed by atoms with Gasteiger partial charge < -0.3 is 21.1 Å². The summed E-state index contributed by atoms with van der Waals surface area (Å²) >= 11 is 0. The Hall–Kier alpha value is -2.08. The molecule has 0 aliphatic heterocycles. The zero-order chi connectivity index (χ0) is 15.7. The number of aliphatic hydroxyl groups is 1. The van der Waals surface area contributed by atoms with Crippen LogP contribution in [0.4, 0.5) is 10.5 Å². The first-order valence-corrected chi connectivity index (χ1v) is 7.13. The molecule has 116 valence electrons. The molecule has 0 aromatic heterocycles. The quantitative estimate of drug-likeness (QED) is 0.577.